The van der Waals surface area contributed by atoms with Gasteiger partial charge in [0.25, 0.3) is 0 Å². The molecular formula is C19H22O6. The van der Waals surface area contributed by atoms with E-state index in [-0.39, 0.29) is 30.1 Å². The monoisotopic (exact) mass is 346 g/mol. The number of esters is 3. The lowest BCUT2D eigenvalue weighted by molar-refractivity contribution is -0.182. The van der Waals surface area contributed by atoms with Crippen LogP contribution < -0.4 is 0 Å². The van der Waals surface area contributed by atoms with Gasteiger partial charge in [-0.3, -0.25) is 14.4 Å². The molecule has 7 rings (SSSR count). The van der Waals surface area contributed by atoms with Gasteiger partial charge in [0, 0.05) is 5.41 Å². The van der Waals surface area contributed by atoms with Gasteiger partial charge in [0.1, 0.15) is 0 Å². The Morgan fingerprint density at radius 1 is 0.800 bits per heavy atom. The third-order valence-corrected chi connectivity index (χ3v) is 9.55. The molecule has 7 unspecified atom stereocenters. The predicted octanol–water partition coefficient (Wildman–Crippen LogP) is 0.886. The molecule has 0 saturated heterocycles. The molecule has 7 aliphatic carbocycles. The molecule has 0 aromatic heterocycles. The minimum atomic E-state index is -1.31. The third kappa shape index (κ3) is 1.00. The average molecular weight is 346 g/mol. The molecule has 6 nitrogen and oxygen atoms in total. The summed E-state index contributed by atoms with van der Waals surface area (Å²) in [5, 5.41) is 0. The Morgan fingerprint density at radius 2 is 1.48 bits per heavy atom. The minimum Gasteiger partial charge on any atom is -0.469 e. The lowest BCUT2D eigenvalue weighted by Gasteiger charge is -2.48. The SMILES string of the molecule is COC(=O)C[C@]12C3C4C5C3[C@@H]3C[C@H]5C(C4C1(C(=O)OC)C(=O)OC)C32. The molecule has 6 heteroatoms. The Balaban J connectivity index is 1.63. The van der Waals surface area contributed by atoms with Crippen LogP contribution in [0.2, 0.25) is 0 Å². The quantitative estimate of drug-likeness (QED) is 0.427. The van der Waals surface area contributed by atoms with Gasteiger partial charge >= 0.3 is 17.9 Å². The van der Waals surface area contributed by atoms with Gasteiger partial charge in [0.15, 0.2) is 5.41 Å². The third-order valence-electron chi connectivity index (χ3n) is 9.55. The molecular weight excluding hydrogens is 324 g/mol. The first kappa shape index (κ1) is 14.6. The largest absolute Gasteiger partial charge is 0.469 e. The number of methoxy groups -OCH3 is 3. The van der Waals surface area contributed by atoms with E-state index in [9.17, 15) is 14.4 Å². The Labute approximate surface area is 145 Å². The fourth-order valence-corrected chi connectivity index (χ4v) is 9.95. The highest BCUT2D eigenvalue weighted by Crippen LogP contribution is 2.99. The van der Waals surface area contributed by atoms with Crippen LogP contribution in [-0.4, -0.2) is 39.2 Å². The van der Waals surface area contributed by atoms with Gasteiger partial charge in [-0.15, -0.1) is 0 Å². The van der Waals surface area contributed by atoms with Crippen molar-refractivity contribution >= 4 is 17.9 Å². The van der Waals surface area contributed by atoms with Crippen LogP contribution in [0.5, 0.6) is 0 Å². The summed E-state index contributed by atoms with van der Waals surface area (Å²) in [5.74, 6) is 2.41. The molecule has 0 aliphatic heterocycles. The van der Waals surface area contributed by atoms with E-state index in [1.165, 1.54) is 27.8 Å². The molecule has 4 bridgehead atoms. The van der Waals surface area contributed by atoms with E-state index in [1.54, 1.807) is 0 Å². The highest BCUT2D eigenvalue weighted by atomic mass is 16.5. The summed E-state index contributed by atoms with van der Waals surface area (Å²) in [6, 6.07) is 0. The molecule has 0 aromatic carbocycles. The van der Waals surface area contributed by atoms with Gasteiger partial charge in [-0.1, -0.05) is 0 Å². The molecule has 0 radical (unpaired) electrons. The second-order valence-electron chi connectivity index (χ2n) is 9.03. The van der Waals surface area contributed by atoms with Gasteiger partial charge in [0.05, 0.1) is 27.8 Å². The second kappa shape index (κ2) is 3.89. The van der Waals surface area contributed by atoms with Crippen LogP contribution in [0.3, 0.4) is 0 Å². The Morgan fingerprint density at radius 3 is 2.08 bits per heavy atom. The summed E-state index contributed by atoms with van der Waals surface area (Å²) >= 11 is 0. The maximum Gasteiger partial charge on any atom is 0.324 e. The van der Waals surface area contributed by atoms with E-state index >= 15 is 0 Å². The summed E-state index contributed by atoms with van der Waals surface area (Å²) in [5.41, 5.74) is -1.97. The lowest BCUT2D eigenvalue weighted by Crippen LogP contribution is -2.54. The average Bonchev–Trinajstić information content (AvgIpc) is 3.24. The zero-order valence-corrected chi connectivity index (χ0v) is 14.6. The van der Waals surface area contributed by atoms with Crippen molar-refractivity contribution in [3.05, 3.63) is 0 Å². The van der Waals surface area contributed by atoms with Crippen molar-refractivity contribution in [1.29, 1.82) is 0 Å². The number of hydrogen-bond acceptors (Lipinski definition) is 6. The van der Waals surface area contributed by atoms with E-state index in [0.717, 1.165) is 0 Å². The van der Waals surface area contributed by atoms with Gasteiger partial charge in [-0.25, -0.2) is 0 Å². The molecule has 0 aromatic rings. The van der Waals surface area contributed by atoms with Crippen LogP contribution in [0, 0.1) is 64.1 Å². The summed E-state index contributed by atoms with van der Waals surface area (Å²) in [6.07, 6.45) is 1.36. The first-order valence-corrected chi connectivity index (χ1v) is 9.26. The van der Waals surface area contributed by atoms with E-state index < -0.39 is 22.8 Å². The van der Waals surface area contributed by atoms with Crippen LogP contribution in [-0.2, 0) is 28.6 Å². The van der Waals surface area contributed by atoms with Crippen molar-refractivity contribution in [2.75, 3.05) is 21.3 Å². The standard InChI is InChI=1S/C19H22O6/c1-23-8(20)5-18-13-7-4-6-9-10(7)14(18)12(9)15(11(6)13)19(18,16(21)24-2)17(22)25-3/h6-7,9-15H,4-5H2,1-3H3/t6-,7+,9?,10?,11?,12?,13?,14?,15?,18+/m1/s1. The fraction of sp³-hybridized carbons (Fsp3) is 0.842. The Kier molecular flexibility index (Phi) is 2.26. The summed E-state index contributed by atoms with van der Waals surface area (Å²) in [7, 11) is 4.06. The topological polar surface area (TPSA) is 78.9 Å². The van der Waals surface area contributed by atoms with Crippen molar-refractivity contribution in [3.63, 3.8) is 0 Å². The number of carbonyl (C=O) groups excluding carboxylic acids is 3. The maximum atomic E-state index is 13.2. The van der Waals surface area contributed by atoms with Crippen molar-refractivity contribution in [1.82, 2.24) is 0 Å². The molecule has 25 heavy (non-hydrogen) atoms. The molecule has 0 amide bonds. The van der Waals surface area contributed by atoms with Crippen LogP contribution >= 0.6 is 0 Å². The van der Waals surface area contributed by atoms with E-state index in [2.05, 4.69) is 0 Å². The maximum absolute atomic E-state index is 13.2. The van der Waals surface area contributed by atoms with Gasteiger partial charge in [0.2, 0.25) is 0 Å². The molecule has 0 heterocycles. The van der Waals surface area contributed by atoms with Crippen molar-refractivity contribution in [3.8, 4) is 0 Å². The second-order valence-corrected chi connectivity index (χ2v) is 9.03. The number of carbonyl (C=O) groups is 3. The van der Waals surface area contributed by atoms with Crippen molar-refractivity contribution < 1.29 is 28.6 Å². The molecule has 0 N–H and O–H groups in total. The smallest absolute Gasteiger partial charge is 0.324 e. The minimum absolute atomic E-state index is 0.00851. The highest BCUT2D eigenvalue weighted by molar-refractivity contribution is 6.04. The van der Waals surface area contributed by atoms with Crippen LogP contribution in [0.4, 0.5) is 0 Å². The fourth-order valence-electron chi connectivity index (χ4n) is 9.95. The van der Waals surface area contributed by atoms with Gasteiger partial charge < -0.3 is 14.2 Å². The Bertz CT molecular complexity index is 728. The van der Waals surface area contributed by atoms with Crippen LogP contribution in [0.25, 0.3) is 0 Å². The zero-order chi connectivity index (χ0) is 17.5. The first-order chi connectivity index (χ1) is 12.0. The molecule has 7 fully saturated rings. The van der Waals surface area contributed by atoms with E-state index in [0.29, 0.717) is 35.5 Å². The highest BCUT2D eigenvalue weighted by Gasteiger charge is 3.00. The number of rotatable bonds is 4. The summed E-state index contributed by atoms with van der Waals surface area (Å²) in [4.78, 5) is 38.7. The number of ether oxygens (including phenoxy) is 3. The van der Waals surface area contributed by atoms with Gasteiger partial charge in [-0.05, 0) is 59.7 Å². The van der Waals surface area contributed by atoms with E-state index in [4.69, 9.17) is 14.2 Å². The zero-order valence-electron chi connectivity index (χ0n) is 14.6. The van der Waals surface area contributed by atoms with E-state index in [1.807, 2.05) is 0 Å². The molecule has 0 spiro atoms. The Hall–Kier alpha value is -1.59. The summed E-state index contributed by atoms with van der Waals surface area (Å²) in [6.45, 7) is 0. The molecule has 10 atom stereocenters. The normalized spacial score (nSPS) is 55.6. The van der Waals surface area contributed by atoms with Crippen molar-refractivity contribution in [2.45, 2.75) is 12.8 Å². The van der Waals surface area contributed by atoms with Crippen molar-refractivity contribution in [2.24, 2.45) is 64.1 Å². The first-order valence-electron chi connectivity index (χ1n) is 9.26. The van der Waals surface area contributed by atoms with Crippen LogP contribution in [0.15, 0.2) is 0 Å². The summed E-state index contributed by atoms with van der Waals surface area (Å²) < 4.78 is 15.4. The molecule has 7 saturated carbocycles. The predicted molar refractivity (Wildman–Crippen MR) is 81.6 cm³/mol. The van der Waals surface area contributed by atoms with Gasteiger partial charge in [-0.2, -0.15) is 0 Å². The molecule has 134 valence electrons. The lowest BCUT2D eigenvalue weighted by atomic mass is 9.54. The van der Waals surface area contributed by atoms with Crippen LogP contribution in [0.1, 0.15) is 12.8 Å². The molecule has 7 aliphatic rings. The number of hydrogen-bond donors (Lipinski definition) is 0.